The van der Waals surface area contributed by atoms with Crippen molar-refractivity contribution in [2.45, 2.75) is 6.04 Å². The van der Waals surface area contributed by atoms with Crippen LogP contribution in [-0.2, 0) is 0 Å². The first-order valence-electron chi connectivity index (χ1n) is 6.70. The van der Waals surface area contributed by atoms with E-state index in [4.69, 9.17) is 0 Å². The van der Waals surface area contributed by atoms with Crippen LogP contribution in [0.15, 0.2) is 78.1 Å². The molecule has 0 spiro atoms. The van der Waals surface area contributed by atoms with Crippen molar-refractivity contribution in [2.75, 3.05) is 7.05 Å². The van der Waals surface area contributed by atoms with Crippen LogP contribution in [0.3, 0.4) is 0 Å². The van der Waals surface area contributed by atoms with Gasteiger partial charge in [-0.05, 0) is 11.1 Å². The van der Waals surface area contributed by atoms with E-state index in [0.29, 0.717) is 0 Å². The van der Waals surface area contributed by atoms with E-state index in [1.165, 1.54) is 5.56 Å². The van der Waals surface area contributed by atoms with Crippen molar-refractivity contribution in [2.24, 2.45) is 4.99 Å². The molecule has 0 amide bonds. The molecule has 1 N–H and O–H groups in total. The zero-order chi connectivity index (χ0) is 13.8. The predicted molar refractivity (Wildman–Crippen MR) is 82.2 cm³/mol. The topological polar surface area (TPSA) is 27.6 Å². The molecule has 100 valence electrons. The Balaban J connectivity index is 2.06. The van der Waals surface area contributed by atoms with Crippen LogP contribution in [0, 0.1) is 0 Å². The van der Waals surface area contributed by atoms with Crippen LogP contribution < -0.4 is 5.43 Å². The van der Waals surface area contributed by atoms with Crippen molar-refractivity contribution in [3.05, 3.63) is 84.2 Å². The predicted octanol–water partition coefficient (Wildman–Crippen LogP) is 3.14. The summed E-state index contributed by atoms with van der Waals surface area (Å²) >= 11 is 0. The Kier molecular flexibility index (Phi) is 3.61. The molecule has 20 heavy (non-hydrogen) atoms. The quantitative estimate of drug-likeness (QED) is 0.921. The number of rotatable bonds is 3. The molecule has 0 aliphatic carbocycles. The first-order chi connectivity index (χ1) is 9.90. The fourth-order valence-electron chi connectivity index (χ4n) is 2.47. The van der Waals surface area contributed by atoms with Gasteiger partial charge in [-0.15, -0.1) is 0 Å². The molecule has 0 fully saturated rings. The highest BCUT2D eigenvalue weighted by Gasteiger charge is 2.26. The summed E-state index contributed by atoms with van der Waals surface area (Å²) in [5, 5.41) is 2.07. The van der Waals surface area contributed by atoms with E-state index in [0.717, 1.165) is 11.3 Å². The van der Waals surface area contributed by atoms with Crippen LogP contribution in [0.5, 0.6) is 0 Å². The molecule has 1 aliphatic rings. The Morgan fingerprint density at radius 1 is 0.950 bits per heavy atom. The zero-order valence-corrected chi connectivity index (χ0v) is 11.4. The van der Waals surface area contributed by atoms with Gasteiger partial charge in [0.25, 0.3) is 0 Å². The molecule has 1 heterocycles. The van der Waals surface area contributed by atoms with Gasteiger partial charge in [0, 0.05) is 19.4 Å². The van der Waals surface area contributed by atoms with Crippen molar-refractivity contribution in [1.29, 1.82) is 0 Å². The smallest absolute Gasteiger partial charge is 0.112 e. The summed E-state index contributed by atoms with van der Waals surface area (Å²) in [6.07, 6.45) is 3.79. The van der Waals surface area contributed by atoms with Gasteiger partial charge in [-0.3, -0.25) is 4.99 Å². The van der Waals surface area contributed by atoms with E-state index < -0.39 is 0 Å². The average Bonchev–Trinajstić information content (AvgIpc) is 2.55. The Hall–Kier alpha value is -2.39. The molecule has 0 saturated carbocycles. The second-order valence-corrected chi connectivity index (χ2v) is 4.62. The van der Waals surface area contributed by atoms with Gasteiger partial charge in [0.1, 0.15) is 6.04 Å². The number of nitrogens with one attached hydrogen (secondary N) is 1. The summed E-state index contributed by atoms with van der Waals surface area (Å²) in [5.74, 6) is 0. The lowest BCUT2D eigenvalue weighted by atomic mass is 9.95. The summed E-state index contributed by atoms with van der Waals surface area (Å²) < 4.78 is 0. The van der Waals surface area contributed by atoms with E-state index in [1.54, 1.807) is 0 Å². The maximum atomic E-state index is 4.61. The van der Waals surface area contributed by atoms with Gasteiger partial charge in [0.05, 0.1) is 5.71 Å². The fourth-order valence-corrected chi connectivity index (χ4v) is 2.47. The van der Waals surface area contributed by atoms with E-state index in [1.807, 2.05) is 43.7 Å². The second-order valence-electron chi connectivity index (χ2n) is 4.62. The summed E-state index contributed by atoms with van der Waals surface area (Å²) in [6.45, 7) is 0. The van der Waals surface area contributed by atoms with Gasteiger partial charge >= 0.3 is 0 Å². The van der Waals surface area contributed by atoms with E-state index in [2.05, 4.69) is 51.8 Å². The Morgan fingerprint density at radius 2 is 1.60 bits per heavy atom. The first-order valence-corrected chi connectivity index (χ1v) is 6.70. The summed E-state index contributed by atoms with van der Waals surface area (Å²) in [7, 11) is 1.92. The molecular weight excluding hydrogens is 246 g/mol. The van der Waals surface area contributed by atoms with Gasteiger partial charge in [-0.1, -0.05) is 60.7 Å². The van der Waals surface area contributed by atoms with E-state index in [-0.39, 0.29) is 6.04 Å². The number of hydrogen-bond donors (Lipinski definition) is 1. The van der Waals surface area contributed by atoms with Gasteiger partial charge in [-0.2, -0.15) is 0 Å². The molecule has 2 aromatic carbocycles. The molecule has 0 bridgehead atoms. The number of benzene rings is 2. The van der Waals surface area contributed by atoms with Crippen LogP contribution in [0.1, 0.15) is 17.2 Å². The third-order valence-corrected chi connectivity index (χ3v) is 3.42. The fraction of sp³-hybridized carbons (Fsp3) is 0.118. The minimum atomic E-state index is 0.0774. The van der Waals surface area contributed by atoms with E-state index >= 15 is 0 Å². The highest BCUT2D eigenvalue weighted by molar-refractivity contribution is 6.05. The lowest BCUT2D eigenvalue weighted by molar-refractivity contribution is 0.262. The molecular formula is C17H17N3. The van der Waals surface area contributed by atoms with Crippen LogP contribution in [0.25, 0.3) is 0 Å². The van der Waals surface area contributed by atoms with Crippen molar-refractivity contribution < 1.29 is 0 Å². The van der Waals surface area contributed by atoms with Crippen molar-refractivity contribution in [3.8, 4) is 0 Å². The van der Waals surface area contributed by atoms with Crippen LogP contribution >= 0.6 is 0 Å². The number of aliphatic imine (C=N–C) groups is 1. The Morgan fingerprint density at radius 3 is 2.25 bits per heavy atom. The maximum Gasteiger partial charge on any atom is 0.112 e. The first kappa shape index (κ1) is 12.6. The number of hydrazine groups is 1. The van der Waals surface area contributed by atoms with Gasteiger partial charge in [0.15, 0.2) is 0 Å². The molecule has 0 aromatic heterocycles. The van der Waals surface area contributed by atoms with Crippen LogP contribution in [0.4, 0.5) is 0 Å². The molecule has 3 rings (SSSR count). The van der Waals surface area contributed by atoms with Gasteiger partial charge in [-0.25, -0.2) is 5.43 Å². The highest BCUT2D eigenvalue weighted by atomic mass is 15.5. The molecule has 3 nitrogen and oxygen atoms in total. The third kappa shape index (κ3) is 2.36. The molecule has 1 unspecified atom stereocenters. The number of nitrogens with zero attached hydrogens (tertiary/aromatic N) is 2. The zero-order valence-electron chi connectivity index (χ0n) is 11.4. The standard InChI is InChI=1S/C17H17N3/c1-18-20-13-12-19-16(14-8-4-2-5-9-14)17(20)15-10-6-3-7-11-15/h2-13,17-18H,1H3. The molecule has 1 aliphatic heterocycles. The van der Waals surface area contributed by atoms with Crippen molar-refractivity contribution in [3.63, 3.8) is 0 Å². The molecule has 0 radical (unpaired) electrons. The van der Waals surface area contributed by atoms with E-state index in [9.17, 15) is 0 Å². The maximum absolute atomic E-state index is 4.61. The summed E-state index contributed by atoms with van der Waals surface area (Å²) in [6, 6.07) is 20.8. The average molecular weight is 263 g/mol. The van der Waals surface area contributed by atoms with Crippen molar-refractivity contribution in [1.82, 2.24) is 10.4 Å². The summed E-state index contributed by atoms with van der Waals surface area (Å²) in [4.78, 5) is 4.61. The molecule has 0 saturated heterocycles. The lowest BCUT2D eigenvalue weighted by Gasteiger charge is -2.33. The summed E-state index contributed by atoms with van der Waals surface area (Å²) in [5.41, 5.74) is 6.63. The van der Waals surface area contributed by atoms with Gasteiger partial charge < -0.3 is 5.01 Å². The van der Waals surface area contributed by atoms with Crippen LogP contribution in [-0.4, -0.2) is 17.8 Å². The number of hydrogen-bond acceptors (Lipinski definition) is 3. The monoisotopic (exact) mass is 263 g/mol. The van der Waals surface area contributed by atoms with Gasteiger partial charge in [0.2, 0.25) is 0 Å². The SMILES string of the molecule is CNN1C=CN=C(c2ccccc2)C1c1ccccc1. The van der Waals surface area contributed by atoms with Crippen LogP contribution in [0.2, 0.25) is 0 Å². The third-order valence-electron chi connectivity index (χ3n) is 3.42. The normalized spacial score (nSPS) is 17.9. The van der Waals surface area contributed by atoms with Crippen molar-refractivity contribution >= 4 is 5.71 Å². The Bertz CT molecular complexity index is 617. The molecule has 3 heteroatoms. The second kappa shape index (κ2) is 5.72. The minimum Gasteiger partial charge on any atom is -0.301 e. The Labute approximate surface area is 119 Å². The largest absolute Gasteiger partial charge is 0.301 e. The lowest BCUT2D eigenvalue weighted by Crippen LogP contribution is -2.40. The minimum absolute atomic E-state index is 0.0774. The molecule has 1 atom stereocenters. The molecule has 2 aromatic rings. The highest BCUT2D eigenvalue weighted by Crippen LogP contribution is 2.27.